The summed E-state index contributed by atoms with van der Waals surface area (Å²) in [6, 6.07) is -0.294. The zero-order valence-corrected chi connectivity index (χ0v) is 6.49. The zero-order valence-electron chi connectivity index (χ0n) is 6.49. The molecule has 68 valence electrons. The highest BCUT2D eigenvalue weighted by atomic mass is 16.4. The largest absolute Gasteiger partial charge is 0.480 e. The summed E-state index contributed by atoms with van der Waals surface area (Å²) in [4.78, 5) is 21.3. The monoisotopic (exact) mass is 173 g/mol. The molecule has 0 heterocycles. The zero-order chi connectivity index (χ0) is 9.35. The Hall–Kier alpha value is -1.10. The summed E-state index contributed by atoms with van der Waals surface area (Å²) in [5, 5.41) is 17.4. The average molecular weight is 173 g/mol. The number of carbonyl (C=O) groups is 2. The minimum Gasteiger partial charge on any atom is -0.480 e. The smallest absolute Gasteiger partial charge is 0.321 e. The Morgan fingerprint density at radius 2 is 1.83 bits per heavy atom. The maximum atomic E-state index is 10.7. The summed E-state index contributed by atoms with van der Waals surface area (Å²) in [6.07, 6.45) is 0.648. The molecule has 0 unspecified atom stereocenters. The van der Waals surface area contributed by atoms with E-state index in [0.29, 0.717) is 6.42 Å². The van der Waals surface area contributed by atoms with Gasteiger partial charge in [0, 0.05) is 6.04 Å². The lowest BCUT2D eigenvalue weighted by Crippen LogP contribution is -2.38. The van der Waals surface area contributed by atoms with E-state index in [1.165, 1.54) is 0 Å². The van der Waals surface area contributed by atoms with Gasteiger partial charge in [-0.25, -0.2) is 0 Å². The van der Waals surface area contributed by atoms with E-state index in [0.717, 1.165) is 0 Å². The fourth-order valence-electron chi connectivity index (χ4n) is 1.56. The van der Waals surface area contributed by atoms with Crippen molar-refractivity contribution in [2.45, 2.75) is 25.3 Å². The van der Waals surface area contributed by atoms with E-state index >= 15 is 0 Å². The molecule has 1 saturated carbocycles. The van der Waals surface area contributed by atoms with Gasteiger partial charge in [-0.3, -0.25) is 9.59 Å². The number of aliphatic carboxylic acids is 2. The second-order valence-electron chi connectivity index (χ2n) is 3.20. The summed E-state index contributed by atoms with van der Waals surface area (Å²) in [6.45, 7) is 0. The first-order chi connectivity index (χ1) is 5.49. The second-order valence-corrected chi connectivity index (χ2v) is 3.20. The van der Waals surface area contributed by atoms with Crippen LogP contribution < -0.4 is 5.73 Å². The van der Waals surface area contributed by atoms with Crippen LogP contribution in [-0.2, 0) is 9.59 Å². The molecule has 1 fully saturated rings. The molecule has 5 heteroatoms. The van der Waals surface area contributed by atoms with E-state index < -0.39 is 17.4 Å². The molecule has 0 amide bonds. The van der Waals surface area contributed by atoms with Gasteiger partial charge in [-0.15, -0.1) is 0 Å². The first-order valence-electron chi connectivity index (χ1n) is 3.71. The van der Waals surface area contributed by atoms with Gasteiger partial charge < -0.3 is 15.9 Å². The molecule has 0 aromatic carbocycles. The fourth-order valence-corrected chi connectivity index (χ4v) is 1.56. The van der Waals surface area contributed by atoms with Gasteiger partial charge in [0.1, 0.15) is 0 Å². The fraction of sp³-hybridized carbons (Fsp3) is 0.714. The van der Waals surface area contributed by atoms with Gasteiger partial charge in [0.05, 0.1) is 0 Å². The maximum absolute atomic E-state index is 10.7. The van der Waals surface area contributed by atoms with Crippen LogP contribution in [0.25, 0.3) is 0 Å². The molecule has 4 N–H and O–H groups in total. The number of hydrogen-bond acceptors (Lipinski definition) is 3. The summed E-state index contributed by atoms with van der Waals surface area (Å²) < 4.78 is 0. The van der Waals surface area contributed by atoms with Crippen molar-refractivity contribution in [2.75, 3.05) is 0 Å². The highest BCUT2D eigenvalue weighted by molar-refractivity contribution is 5.98. The van der Waals surface area contributed by atoms with Crippen molar-refractivity contribution in [2.24, 2.45) is 11.1 Å². The lowest BCUT2D eigenvalue weighted by Gasteiger charge is -2.17. The van der Waals surface area contributed by atoms with Gasteiger partial charge in [-0.05, 0) is 19.3 Å². The first kappa shape index (κ1) is 8.99. The van der Waals surface area contributed by atoms with Crippen LogP contribution >= 0.6 is 0 Å². The molecule has 1 atom stereocenters. The van der Waals surface area contributed by atoms with E-state index in [-0.39, 0.29) is 18.9 Å². The molecule has 0 spiro atoms. The molecule has 0 radical (unpaired) electrons. The molecule has 0 saturated heterocycles. The lowest BCUT2D eigenvalue weighted by molar-refractivity contribution is -0.164. The SMILES string of the molecule is N[C@@H]1CCC(C(=O)O)(C(=O)O)C1. The molecule has 0 aliphatic heterocycles. The molecule has 12 heavy (non-hydrogen) atoms. The molecular weight excluding hydrogens is 162 g/mol. The molecule has 1 rings (SSSR count). The molecule has 0 aromatic rings. The van der Waals surface area contributed by atoms with E-state index in [9.17, 15) is 9.59 Å². The van der Waals surface area contributed by atoms with Gasteiger partial charge in [-0.1, -0.05) is 0 Å². The van der Waals surface area contributed by atoms with E-state index in [4.69, 9.17) is 15.9 Å². The molecule has 1 aliphatic rings. The number of carboxylic acids is 2. The van der Waals surface area contributed by atoms with Crippen molar-refractivity contribution in [3.63, 3.8) is 0 Å². The minimum absolute atomic E-state index is 0.0394. The van der Waals surface area contributed by atoms with Crippen LogP contribution in [0, 0.1) is 5.41 Å². The van der Waals surface area contributed by atoms with Crippen molar-refractivity contribution in [1.29, 1.82) is 0 Å². The molecular formula is C7H11NO4. The van der Waals surface area contributed by atoms with Gasteiger partial charge in [0.25, 0.3) is 0 Å². The summed E-state index contributed by atoms with van der Waals surface area (Å²) in [7, 11) is 0. The quantitative estimate of drug-likeness (QED) is 0.495. The molecule has 0 bridgehead atoms. The van der Waals surface area contributed by atoms with Crippen LogP contribution in [0.1, 0.15) is 19.3 Å². The standard InChI is InChI=1S/C7H11NO4/c8-4-1-2-7(3-4,5(9)10)6(11)12/h4H,1-3,8H2,(H,9,10)(H,11,12)/t4-/m1/s1. The van der Waals surface area contributed by atoms with E-state index in [2.05, 4.69) is 0 Å². The Morgan fingerprint density at radius 3 is 2.00 bits per heavy atom. The van der Waals surface area contributed by atoms with Crippen LogP contribution in [0.3, 0.4) is 0 Å². The van der Waals surface area contributed by atoms with Crippen molar-refractivity contribution < 1.29 is 19.8 Å². The maximum Gasteiger partial charge on any atom is 0.321 e. The van der Waals surface area contributed by atoms with Crippen molar-refractivity contribution >= 4 is 11.9 Å². The third-order valence-corrected chi connectivity index (χ3v) is 2.37. The number of hydrogen-bond donors (Lipinski definition) is 3. The topological polar surface area (TPSA) is 101 Å². The van der Waals surface area contributed by atoms with Gasteiger partial charge in [0.15, 0.2) is 5.41 Å². The summed E-state index contributed by atoms with van der Waals surface area (Å²) in [5.41, 5.74) is 3.83. The number of nitrogens with two attached hydrogens (primary N) is 1. The predicted octanol–water partition coefficient (Wildman–Crippen LogP) is -0.347. The Labute approximate surface area is 69.2 Å². The van der Waals surface area contributed by atoms with Crippen LogP contribution in [-0.4, -0.2) is 28.2 Å². The summed E-state index contributed by atoms with van der Waals surface area (Å²) >= 11 is 0. The summed E-state index contributed by atoms with van der Waals surface area (Å²) in [5.74, 6) is -2.55. The second kappa shape index (κ2) is 2.75. The van der Waals surface area contributed by atoms with Gasteiger partial charge >= 0.3 is 11.9 Å². The Morgan fingerprint density at radius 1 is 1.33 bits per heavy atom. The van der Waals surface area contributed by atoms with E-state index in [1.54, 1.807) is 0 Å². The Kier molecular flexibility index (Phi) is 2.06. The number of carboxylic acid groups (broad SMARTS) is 2. The van der Waals surface area contributed by atoms with Crippen molar-refractivity contribution in [3.05, 3.63) is 0 Å². The normalized spacial score (nSPS) is 26.9. The van der Waals surface area contributed by atoms with Crippen LogP contribution in [0.2, 0.25) is 0 Å². The van der Waals surface area contributed by atoms with Crippen LogP contribution in [0.4, 0.5) is 0 Å². The molecule has 0 aromatic heterocycles. The van der Waals surface area contributed by atoms with Crippen molar-refractivity contribution in [1.82, 2.24) is 0 Å². The predicted molar refractivity (Wildman–Crippen MR) is 39.5 cm³/mol. The third kappa shape index (κ3) is 1.16. The highest BCUT2D eigenvalue weighted by Gasteiger charge is 2.51. The molecule has 1 aliphatic carbocycles. The average Bonchev–Trinajstić information content (AvgIpc) is 2.32. The third-order valence-electron chi connectivity index (χ3n) is 2.37. The van der Waals surface area contributed by atoms with Crippen LogP contribution in [0.5, 0.6) is 0 Å². The highest BCUT2D eigenvalue weighted by Crippen LogP contribution is 2.37. The lowest BCUT2D eigenvalue weighted by atomic mass is 9.86. The Balaban J connectivity index is 2.89. The Bertz CT molecular complexity index is 211. The number of rotatable bonds is 2. The molecule has 5 nitrogen and oxygen atoms in total. The van der Waals surface area contributed by atoms with E-state index in [1.807, 2.05) is 0 Å². The minimum atomic E-state index is -1.63. The first-order valence-corrected chi connectivity index (χ1v) is 3.71. The van der Waals surface area contributed by atoms with Gasteiger partial charge in [-0.2, -0.15) is 0 Å². The van der Waals surface area contributed by atoms with Crippen LogP contribution in [0.15, 0.2) is 0 Å². The van der Waals surface area contributed by atoms with Gasteiger partial charge in [0.2, 0.25) is 0 Å². The van der Waals surface area contributed by atoms with Crippen molar-refractivity contribution in [3.8, 4) is 0 Å².